The highest BCUT2D eigenvalue weighted by Crippen LogP contribution is 2.28. The van der Waals surface area contributed by atoms with Gasteiger partial charge in [0.05, 0.1) is 17.5 Å². The second-order valence-corrected chi connectivity index (χ2v) is 7.99. The van der Waals surface area contributed by atoms with E-state index in [-0.39, 0.29) is 17.0 Å². The summed E-state index contributed by atoms with van der Waals surface area (Å²) in [5.41, 5.74) is 4.83. The maximum Gasteiger partial charge on any atom is 0.263 e. The zero-order valence-electron chi connectivity index (χ0n) is 17.1. The molecule has 1 amide bonds. The van der Waals surface area contributed by atoms with E-state index < -0.39 is 0 Å². The molecule has 7 nitrogen and oxygen atoms in total. The van der Waals surface area contributed by atoms with Crippen LogP contribution in [0.25, 0.3) is 11.0 Å². The van der Waals surface area contributed by atoms with Crippen molar-refractivity contribution in [3.05, 3.63) is 57.3 Å². The van der Waals surface area contributed by atoms with Crippen molar-refractivity contribution in [2.24, 2.45) is 5.92 Å². The van der Waals surface area contributed by atoms with Crippen LogP contribution in [0.4, 0.5) is 5.69 Å². The van der Waals surface area contributed by atoms with Crippen LogP contribution in [0.5, 0.6) is 0 Å². The number of fused-ring (bicyclic) bond motifs is 1. The molecule has 1 unspecified atom stereocenters. The Bertz CT molecular complexity index is 1120. The van der Waals surface area contributed by atoms with E-state index in [1.807, 2.05) is 26.0 Å². The first-order valence-electron chi connectivity index (χ1n) is 10.1. The predicted octanol–water partition coefficient (Wildman–Crippen LogP) is 2.90. The Hall–Kier alpha value is -2.93. The smallest absolute Gasteiger partial charge is 0.263 e. The number of amides is 1. The highest BCUT2D eigenvalue weighted by molar-refractivity contribution is 6.09. The number of carbonyl (C=O) groups excluding carboxylic acids is 1. The lowest BCUT2D eigenvalue weighted by molar-refractivity contribution is 0.102. The number of hydrogen-bond donors (Lipinski definition) is 3. The van der Waals surface area contributed by atoms with Gasteiger partial charge in [-0.2, -0.15) is 0 Å². The lowest BCUT2D eigenvalue weighted by Gasteiger charge is -2.23. The number of H-pyrrole nitrogens is 1. The molecule has 0 aliphatic carbocycles. The number of rotatable bonds is 4. The van der Waals surface area contributed by atoms with E-state index in [0.717, 1.165) is 42.6 Å². The largest absolute Gasteiger partial charge is 0.345 e. The van der Waals surface area contributed by atoms with Gasteiger partial charge >= 0.3 is 0 Å². The molecule has 1 fully saturated rings. The molecule has 7 heteroatoms. The monoisotopic (exact) mass is 393 g/mol. The first kappa shape index (κ1) is 19.4. The summed E-state index contributed by atoms with van der Waals surface area (Å²) < 4.78 is 1.67. The summed E-state index contributed by atoms with van der Waals surface area (Å²) in [5.74, 6) is 0.0179. The molecule has 3 heterocycles. The summed E-state index contributed by atoms with van der Waals surface area (Å²) in [4.78, 5) is 33.7. The molecule has 29 heavy (non-hydrogen) atoms. The number of carbonyl (C=O) groups is 1. The van der Waals surface area contributed by atoms with Crippen molar-refractivity contribution < 1.29 is 4.79 Å². The molecule has 3 aromatic rings. The van der Waals surface area contributed by atoms with Gasteiger partial charge in [-0.1, -0.05) is 0 Å². The number of aromatic nitrogens is 3. The summed E-state index contributed by atoms with van der Waals surface area (Å²) in [6.07, 6.45) is 5.62. The molecule has 3 N–H and O–H groups in total. The molecular formula is C22H27N5O2. The van der Waals surface area contributed by atoms with Gasteiger partial charge in [0.15, 0.2) is 0 Å². The first-order chi connectivity index (χ1) is 14.0. The van der Waals surface area contributed by atoms with Crippen molar-refractivity contribution in [3.8, 4) is 0 Å². The van der Waals surface area contributed by atoms with E-state index in [0.29, 0.717) is 29.2 Å². The summed E-state index contributed by atoms with van der Waals surface area (Å²) in [7, 11) is 0. The zero-order chi connectivity index (χ0) is 20.5. The van der Waals surface area contributed by atoms with E-state index in [1.54, 1.807) is 24.0 Å². The summed E-state index contributed by atoms with van der Waals surface area (Å²) in [6, 6.07) is 3.85. The molecule has 0 radical (unpaired) electrons. The molecule has 0 saturated carbocycles. The van der Waals surface area contributed by atoms with Crippen LogP contribution in [0, 0.1) is 26.7 Å². The molecule has 1 aromatic carbocycles. The number of benzene rings is 1. The van der Waals surface area contributed by atoms with Gasteiger partial charge in [0, 0.05) is 12.7 Å². The van der Waals surface area contributed by atoms with Crippen LogP contribution < -0.4 is 16.2 Å². The van der Waals surface area contributed by atoms with Crippen molar-refractivity contribution in [3.63, 3.8) is 0 Å². The minimum absolute atomic E-state index is 0.195. The zero-order valence-corrected chi connectivity index (χ0v) is 17.1. The van der Waals surface area contributed by atoms with Crippen molar-refractivity contribution >= 4 is 22.6 Å². The standard InChI is InChI=1S/C22H27N5O2/c1-13-6-8-27(11-16-5-4-7-23-10-16)22(29)18(13)21(28)26-19-15(3)14(2)9-17-20(19)25-12-24-17/h6,8-9,12,16,23H,4-5,7,10-11H2,1-3H3,(H,24,25)(H,26,28). The van der Waals surface area contributed by atoms with Gasteiger partial charge in [-0.25, -0.2) is 4.98 Å². The Balaban J connectivity index is 1.67. The molecule has 152 valence electrons. The van der Waals surface area contributed by atoms with Gasteiger partial charge in [-0.05, 0) is 81.4 Å². The fourth-order valence-corrected chi connectivity index (χ4v) is 4.09. The Morgan fingerprint density at radius 2 is 2.14 bits per heavy atom. The number of nitrogens with zero attached hydrogens (tertiary/aromatic N) is 2. The number of anilines is 1. The molecule has 2 aromatic heterocycles. The lowest BCUT2D eigenvalue weighted by atomic mass is 9.99. The highest BCUT2D eigenvalue weighted by Gasteiger charge is 2.21. The molecule has 0 bridgehead atoms. The number of piperidine rings is 1. The van der Waals surface area contributed by atoms with Crippen molar-refractivity contribution in [1.29, 1.82) is 0 Å². The average Bonchev–Trinajstić information content (AvgIpc) is 3.16. The van der Waals surface area contributed by atoms with Gasteiger partial charge in [0.1, 0.15) is 11.1 Å². The Morgan fingerprint density at radius 1 is 1.31 bits per heavy atom. The maximum atomic E-state index is 13.2. The van der Waals surface area contributed by atoms with Gasteiger partial charge in [0.2, 0.25) is 0 Å². The lowest BCUT2D eigenvalue weighted by Crippen LogP contribution is -2.36. The fraction of sp³-hybridized carbons (Fsp3) is 0.409. The summed E-state index contributed by atoms with van der Waals surface area (Å²) >= 11 is 0. The van der Waals surface area contributed by atoms with Crippen LogP contribution >= 0.6 is 0 Å². The van der Waals surface area contributed by atoms with Gasteiger partial charge in [-0.3, -0.25) is 9.59 Å². The van der Waals surface area contributed by atoms with E-state index in [2.05, 4.69) is 20.6 Å². The topological polar surface area (TPSA) is 91.8 Å². The van der Waals surface area contributed by atoms with Crippen LogP contribution in [0.3, 0.4) is 0 Å². The third-order valence-electron chi connectivity index (χ3n) is 5.93. The van der Waals surface area contributed by atoms with E-state index in [9.17, 15) is 9.59 Å². The van der Waals surface area contributed by atoms with Crippen LogP contribution in [-0.2, 0) is 6.54 Å². The Kier molecular flexibility index (Phi) is 5.24. The van der Waals surface area contributed by atoms with Crippen LogP contribution in [-0.4, -0.2) is 33.5 Å². The SMILES string of the molecule is Cc1cc2[nH]cnc2c(NC(=O)c2c(C)ccn(CC3CCCNC3)c2=O)c1C. The number of imidazole rings is 1. The molecule has 1 atom stereocenters. The minimum Gasteiger partial charge on any atom is -0.345 e. The first-order valence-corrected chi connectivity index (χ1v) is 10.1. The number of pyridine rings is 1. The molecular weight excluding hydrogens is 366 g/mol. The molecule has 4 rings (SSSR count). The highest BCUT2D eigenvalue weighted by atomic mass is 16.2. The summed E-state index contributed by atoms with van der Waals surface area (Å²) in [5, 5.41) is 6.34. The van der Waals surface area contributed by atoms with E-state index >= 15 is 0 Å². The summed E-state index contributed by atoms with van der Waals surface area (Å²) in [6.45, 7) is 8.30. The van der Waals surface area contributed by atoms with Gasteiger partial charge < -0.3 is 20.2 Å². The molecule has 0 spiro atoms. The Morgan fingerprint density at radius 3 is 2.90 bits per heavy atom. The fourth-order valence-electron chi connectivity index (χ4n) is 4.09. The molecule has 1 aliphatic rings. The maximum absolute atomic E-state index is 13.2. The third kappa shape index (κ3) is 3.70. The van der Waals surface area contributed by atoms with E-state index in [1.165, 1.54) is 0 Å². The van der Waals surface area contributed by atoms with Gasteiger partial charge in [0.25, 0.3) is 11.5 Å². The van der Waals surface area contributed by atoms with Crippen molar-refractivity contribution in [2.75, 3.05) is 18.4 Å². The van der Waals surface area contributed by atoms with Crippen LogP contribution in [0.1, 0.15) is 39.9 Å². The number of hydrogen-bond acceptors (Lipinski definition) is 4. The number of nitrogens with one attached hydrogen (secondary N) is 3. The molecule has 1 aliphatic heterocycles. The van der Waals surface area contributed by atoms with Crippen molar-refractivity contribution in [1.82, 2.24) is 19.9 Å². The second-order valence-electron chi connectivity index (χ2n) is 7.99. The predicted molar refractivity (Wildman–Crippen MR) is 115 cm³/mol. The van der Waals surface area contributed by atoms with Gasteiger partial charge in [-0.15, -0.1) is 0 Å². The van der Waals surface area contributed by atoms with Crippen molar-refractivity contribution in [2.45, 2.75) is 40.2 Å². The van der Waals surface area contributed by atoms with Crippen LogP contribution in [0.15, 0.2) is 29.5 Å². The average molecular weight is 393 g/mol. The normalized spacial score (nSPS) is 16.9. The third-order valence-corrected chi connectivity index (χ3v) is 5.93. The Labute approximate surface area is 169 Å². The number of aromatic amines is 1. The second kappa shape index (κ2) is 7.83. The van der Waals surface area contributed by atoms with Crippen LogP contribution in [0.2, 0.25) is 0 Å². The molecule has 1 saturated heterocycles. The van der Waals surface area contributed by atoms with E-state index in [4.69, 9.17) is 0 Å². The quantitative estimate of drug-likeness (QED) is 0.636. The number of aryl methyl sites for hydroxylation is 2. The minimum atomic E-state index is -0.387.